The van der Waals surface area contributed by atoms with Crippen molar-refractivity contribution >= 4 is 5.97 Å². The van der Waals surface area contributed by atoms with Crippen LogP contribution < -0.4 is 0 Å². The molecule has 4 heteroatoms. The van der Waals surface area contributed by atoms with E-state index in [2.05, 4.69) is 25.7 Å². The van der Waals surface area contributed by atoms with Crippen molar-refractivity contribution in [2.75, 3.05) is 20.3 Å². The van der Waals surface area contributed by atoms with Crippen LogP contribution in [0.2, 0.25) is 0 Å². The molecule has 0 rings (SSSR count). The van der Waals surface area contributed by atoms with E-state index in [-0.39, 0.29) is 6.42 Å². The summed E-state index contributed by atoms with van der Waals surface area (Å²) in [6, 6.07) is 0.813. The Kier molecular flexibility index (Phi) is 8.21. The maximum Gasteiger partial charge on any atom is 0.303 e. The molecule has 0 aromatic heterocycles. The third-order valence-corrected chi connectivity index (χ3v) is 2.77. The summed E-state index contributed by atoms with van der Waals surface area (Å²) < 4.78 is 5.20. The van der Waals surface area contributed by atoms with Gasteiger partial charge in [0, 0.05) is 25.6 Å². The molecule has 16 heavy (non-hydrogen) atoms. The van der Waals surface area contributed by atoms with Crippen LogP contribution in [-0.2, 0) is 9.53 Å². The number of carboxylic acids is 1. The van der Waals surface area contributed by atoms with Gasteiger partial charge in [0.25, 0.3) is 0 Å². The van der Waals surface area contributed by atoms with Crippen molar-refractivity contribution in [2.45, 2.75) is 52.1 Å². The molecular weight excluding hydrogens is 206 g/mol. The molecule has 4 nitrogen and oxygen atoms in total. The van der Waals surface area contributed by atoms with E-state index in [4.69, 9.17) is 9.84 Å². The minimum atomic E-state index is -0.719. The number of carbonyl (C=O) groups is 1. The number of hydrogen-bond acceptors (Lipinski definition) is 3. The van der Waals surface area contributed by atoms with Crippen LogP contribution in [0.1, 0.15) is 40.0 Å². The van der Waals surface area contributed by atoms with Crippen molar-refractivity contribution < 1.29 is 14.6 Å². The third-order valence-electron chi connectivity index (χ3n) is 2.77. The van der Waals surface area contributed by atoms with Crippen molar-refractivity contribution in [3.8, 4) is 0 Å². The Balaban J connectivity index is 4.18. The highest BCUT2D eigenvalue weighted by Gasteiger charge is 2.19. The summed E-state index contributed by atoms with van der Waals surface area (Å²) >= 11 is 0. The zero-order valence-electron chi connectivity index (χ0n) is 10.9. The van der Waals surface area contributed by atoms with Crippen LogP contribution >= 0.6 is 0 Å². The van der Waals surface area contributed by atoms with Gasteiger partial charge in [-0.15, -0.1) is 0 Å². The van der Waals surface area contributed by atoms with Gasteiger partial charge in [0.2, 0.25) is 0 Å². The molecule has 0 saturated heterocycles. The topological polar surface area (TPSA) is 49.8 Å². The molecule has 1 N–H and O–H groups in total. The predicted molar refractivity (Wildman–Crippen MR) is 64.7 cm³/mol. The monoisotopic (exact) mass is 231 g/mol. The second-order valence-corrected chi connectivity index (χ2v) is 4.35. The zero-order chi connectivity index (χ0) is 12.6. The predicted octanol–water partition coefficient (Wildman–Crippen LogP) is 1.99. The molecule has 1 unspecified atom stereocenters. The molecule has 0 spiro atoms. The summed E-state index contributed by atoms with van der Waals surface area (Å²) in [6.45, 7) is 7.95. The summed E-state index contributed by atoms with van der Waals surface area (Å²) in [5.41, 5.74) is 0. The fourth-order valence-corrected chi connectivity index (χ4v) is 1.92. The number of nitrogens with zero attached hydrogens (tertiary/aromatic N) is 1. The minimum Gasteiger partial charge on any atom is -0.481 e. The molecule has 0 aliphatic rings. The molecule has 0 saturated carbocycles. The van der Waals surface area contributed by atoms with Gasteiger partial charge in [-0.25, -0.2) is 0 Å². The van der Waals surface area contributed by atoms with E-state index < -0.39 is 5.97 Å². The van der Waals surface area contributed by atoms with Crippen molar-refractivity contribution in [1.29, 1.82) is 0 Å². The fourth-order valence-electron chi connectivity index (χ4n) is 1.92. The Hall–Kier alpha value is -0.610. The molecule has 0 aliphatic carbocycles. The van der Waals surface area contributed by atoms with Gasteiger partial charge in [0.1, 0.15) is 0 Å². The van der Waals surface area contributed by atoms with Gasteiger partial charge in [-0.05, 0) is 33.2 Å². The van der Waals surface area contributed by atoms with Crippen molar-refractivity contribution in [1.82, 2.24) is 4.90 Å². The van der Waals surface area contributed by atoms with E-state index in [1.54, 1.807) is 7.11 Å². The largest absolute Gasteiger partial charge is 0.481 e. The van der Waals surface area contributed by atoms with Crippen LogP contribution in [-0.4, -0.2) is 48.3 Å². The smallest absolute Gasteiger partial charge is 0.303 e. The molecule has 1 atom stereocenters. The molecule has 96 valence electrons. The Labute approximate surface area is 98.6 Å². The lowest BCUT2D eigenvalue weighted by atomic mass is 10.1. The van der Waals surface area contributed by atoms with Gasteiger partial charge in [-0.2, -0.15) is 0 Å². The van der Waals surface area contributed by atoms with Gasteiger partial charge in [0.15, 0.2) is 0 Å². The molecule has 0 amide bonds. The van der Waals surface area contributed by atoms with Gasteiger partial charge < -0.3 is 9.84 Å². The van der Waals surface area contributed by atoms with Crippen LogP contribution in [0.15, 0.2) is 0 Å². The van der Waals surface area contributed by atoms with Gasteiger partial charge in [-0.3, -0.25) is 9.69 Å². The highest BCUT2D eigenvalue weighted by atomic mass is 16.5. The van der Waals surface area contributed by atoms with Crippen molar-refractivity contribution in [3.05, 3.63) is 0 Å². The van der Waals surface area contributed by atoms with E-state index in [1.807, 2.05) is 0 Å². The van der Waals surface area contributed by atoms with Crippen molar-refractivity contribution in [3.63, 3.8) is 0 Å². The highest BCUT2D eigenvalue weighted by molar-refractivity contribution is 5.66. The Morgan fingerprint density at radius 2 is 2.06 bits per heavy atom. The van der Waals surface area contributed by atoms with E-state index in [9.17, 15) is 4.79 Å². The van der Waals surface area contributed by atoms with Crippen LogP contribution in [0.3, 0.4) is 0 Å². The van der Waals surface area contributed by atoms with Gasteiger partial charge in [0.05, 0.1) is 6.61 Å². The Morgan fingerprint density at radius 3 is 2.44 bits per heavy atom. The normalized spacial score (nSPS) is 13.4. The lowest BCUT2D eigenvalue weighted by molar-refractivity contribution is -0.137. The fraction of sp³-hybridized carbons (Fsp3) is 0.917. The van der Waals surface area contributed by atoms with E-state index in [0.29, 0.717) is 25.1 Å². The first kappa shape index (κ1) is 15.4. The maximum atomic E-state index is 10.5. The molecule has 0 aromatic carbocycles. The van der Waals surface area contributed by atoms with Gasteiger partial charge >= 0.3 is 5.97 Å². The number of rotatable bonds is 9. The first-order valence-corrected chi connectivity index (χ1v) is 5.99. The quantitative estimate of drug-likeness (QED) is 0.659. The Morgan fingerprint density at radius 1 is 1.44 bits per heavy atom. The van der Waals surface area contributed by atoms with Crippen LogP contribution in [0, 0.1) is 0 Å². The average Bonchev–Trinajstić information content (AvgIpc) is 2.21. The van der Waals surface area contributed by atoms with Gasteiger partial charge in [-0.1, -0.05) is 6.92 Å². The van der Waals surface area contributed by atoms with Crippen LogP contribution in [0.25, 0.3) is 0 Å². The van der Waals surface area contributed by atoms with E-state index in [0.717, 1.165) is 13.0 Å². The standard InChI is InChI=1S/C12H25NO3/c1-5-11(9-16-4)13(10(2)3)8-6-7-12(14)15/h10-11H,5-9H2,1-4H3,(H,14,15). The first-order chi connectivity index (χ1) is 7.52. The second kappa shape index (κ2) is 8.53. The van der Waals surface area contributed by atoms with E-state index in [1.165, 1.54) is 0 Å². The summed E-state index contributed by atoms with van der Waals surface area (Å²) in [5, 5.41) is 8.62. The Bertz CT molecular complexity index is 195. The molecule has 0 fully saturated rings. The molecular formula is C12H25NO3. The molecule has 0 aromatic rings. The SMILES string of the molecule is CCC(COC)N(CCCC(=O)O)C(C)C. The summed E-state index contributed by atoms with van der Waals surface area (Å²) in [4.78, 5) is 12.8. The first-order valence-electron chi connectivity index (χ1n) is 5.99. The molecule has 0 radical (unpaired) electrons. The summed E-state index contributed by atoms with van der Waals surface area (Å²) in [5.74, 6) is -0.719. The summed E-state index contributed by atoms with van der Waals surface area (Å²) in [7, 11) is 1.71. The van der Waals surface area contributed by atoms with E-state index >= 15 is 0 Å². The maximum absolute atomic E-state index is 10.5. The number of methoxy groups -OCH3 is 1. The lowest BCUT2D eigenvalue weighted by Crippen LogP contribution is -2.43. The van der Waals surface area contributed by atoms with Crippen LogP contribution in [0.5, 0.6) is 0 Å². The molecule has 0 aliphatic heterocycles. The molecule has 0 heterocycles. The third kappa shape index (κ3) is 6.08. The molecule has 0 bridgehead atoms. The highest BCUT2D eigenvalue weighted by Crippen LogP contribution is 2.11. The number of aliphatic carboxylic acids is 1. The average molecular weight is 231 g/mol. The van der Waals surface area contributed by atoms with Crippen molar-refractivity contribution in [2.24, 2.45) is 0 Å². The summed E-state index contributed by atoms with van der Waals surface area (Å²) in [6.07, 6.45) is 1.97. The lowest BCUT2D eigenvalue weighted by Gasteiger charge is -2.34. The minimum absolute atomic E-state index is 0.243. The zero-order valence-corrected chi connectivity index (χ0v) is 10.9. The number of ether oxygens (including phenoxy) is 1. The second-order valence-electron chi connectivity index (χ2n) is 4.35. The van der Waals surface area contributed by atoms with Crippen LogP contribution in [0.4, 0.5) is 0 Å². The number of hydrogen-bond donors (Lipinski definition) is 1. The number of carboxylic acid groups (broad SMARTS) is 1.